The summed E-state index contributed by atoms with van der Waals surface area (Å²) in [6, 6.07) is 9.34. The molecule has 1 heterocycles. The molecular formula is C17H24N4O2. The highest BCUT2D eigenvalue weighted by Gasteiger charge is 2.11. The Balaban J connectivity index is 1.97. The van der Waals surface area contributed by atoms with E-state index in [1.165, 1.54) is 0 Å². The van der Waals surface area contributed by atoms with Gasteiger partial charge in [0.2, 0.25) is 0 Å². The van der Waals surface area contributed by atoms with Crippen molar-refractivity contribution >= 4 is 5.91 Å². The molecular weight excluding hydrogens is 292 g/mol. The van der Waals surface area contributed by atoms with Gasteiger partial charge in [0.25, 0.3) is 5.91 Å². The van der Waals surface area contributed by atoms with Crippen molar-refractivity contribution in [3.05, 3.63) is 36.0 Å². The summed E-state index contributed by atoms with van der Waals surface area (Å²) in [7, 11) is 1.62. The molecule has 6 heteroatoms. The molecule has 1 amide bonds. The zero-order chi connectivity index (χ0) is 16.7. The number of hydrogen-bond acceptors (Lipinski definition) is 4. The molecule has 0 fully saturated rings. The Morgan fingerprint density at radius 1 is 1.30 bits per heavy atom. The lowest BCUT2D eigenvalue weighted by atomic mass is 10.1. The third kappa shape index (κ3) is 4.56. The van der Waals surface area contributed by atoms with Gasteiger partial charge in [0.1, 0.15) is 11.4 Å². The average molecular weight is 316 g/mol. The van der Waals surface area contributed by atoms with E-state index >= 15 is 0 Å². The fourth-order valence-corrected chi connectivity index (χ4v) is 2.33. The normalized spacial score (nSPS) is 10.8. The maximum Gasteiger partial charge on any atom is 0.269 e. The first-order chi connectivity index (χ1) is 11.2. The number of methoxy groups -OCH3 is 1. The summed E-state index contributed by atoms with van der Waals surface area (Å²) in [4.78, 5) is 14.4. The number of carbonyl (C=O) groups excluding carboxylic acids is 1. The van der Waals surface area contributed by atoms with Crippen LogP contribution in [0.3, 0.4) is 0 Å². The highest BCUT2D eigenvalue weighted by Crippen LogP contribution is 2.22. The topological polar surface area (TPSA) is 70.2 Å². The van der Waals surface area contributed by atoms with Crippen molar-refractivity contribution in [2.75, 3.05) is 33.3 Å². The number of rotatable bonds is 8. The van der Waals surface area contributed by atoms with Gasteiger partial charge in [0.05, 0.1) is 12.8 Å². The minimum atomic E-state index is -0.140. The fraction of sp³-hybridized carbons (Fsp3) is 0.412. The maximum atomic E-state index is 12.1. The predicted molar refractivity (Wildman–Crippen MR) is 90.7 cm³/mol. The molecule has 1 aromatic heterocycles. The Morgan fingerprint density at radius 2 is 2.09 bits per heavy atom. The molecule has 0 aliphatic rings. The first-order valence-corrected chi connectivity index (χ1v) is 7.88. The van der Waals surface area contributed by atoms with Crippen LogP contribution >= 0.6 is 0 Å². The molecule has 0 atom stereocenters. The molecule has 23 heavy (non-hydrogen) atoms. The molecule has 0 aliphatic heterocycles. The van der Waals surface area contributed by atoms with Gasteiger partial charge < -0.3 is 15.0 Å². The second-order valence-corrected chi connectivity index (χ2v) is 5.18. The van der Waals surface area contributed by atoms with Crippen LogP contribution in [0, 0.1) is 0 Å². The van der Waals surface area contributed by atoms with Crippen molar-refractivity contribution in [2.24, 2.45) is 0 Å². The number of hydrogen-bond donors (Lipinski definition) is 2. The number of nitrogens with zero attached hydrogens (tertiary/aromatic N) is 2. The number of likely N-dealkylation sites (N-methyl/N-ethyl adjacent to an activating group) is 1. The summed E-state index contributed by atoms with van der Waals surface area (Å²) in [5.74, 6) is 0.620. The molecule has 124 valence electrons. The van der Waals surface area contributed by atoms with Crippen LogP contribution in [0.15, 0.2) is 30.3 Å². The highest BCUT2D eigenvalue weighted by molar-refractivity contribution is 5.93. The molecule has 2 aromatic rings. The van der Waals surface area contributed by atoms with E-state index in [9.17, 15) is 4.79 Å². The number of H-pyrrole nitrogens is 1. The smallest absolute Gasteiger partial charge is 0.269 e. The Labute approximate surface area is 136 Å². The van der Waals surface area contributed by atoms with E-state index in [-0.39, 0.29) is 5.91 Å². The number of ether oxygens (including phenoxy) is 1. The number of carbonyl (C=O) groups is 1. The first kappa shape index (κ1) is 17.0. The number of nitrogens with one attached hydrogen (secondary N) is 2. The fourth-order valence-electron chi connectivity index (χ4n) is 2.33. The largest absolute Gasteiger partial charge is 0.497 e. The van der Waals surface area contributed by atoms with E-state index in [2.05, 4.69) is 34.3 Å². The van der Waals surface area contributed by atoms with Gasteiger partial charge in [-0.05, 0) is 31.3 Å². The minimum Gasteiger partial charge on any atom is -0.497 e. The number of aromatic amines is 1. The van der Waals surface area contributed by atoms with Crippen molar-refractivity contribution < 1.29 is 9.53 Å². The van der Waals surface area contributed by atoms with Crippen molar-refractivity contribution in [3.63, 3.8) is 0 Å². The molecule has 6 nitrogen and oxygen atoms in total. The molecule has 1 aromatic carbocycles. The molecule has 0 radical (unpaired) electrons. The van der Waals surface area contributed by atoms with E-state index in [1.807, 2.05) is 24.3 Å². The molecule has 0 aliphatic carbocycles. The minimum absolute atomic E-state index is 0.140. The Morgan fingerprint density at radius 3 is 2.78 bits per heavy atom. The number of aromatic nitrogens is 2. The van der Waals surface area contributed by atoms with Crippen LogP contribution in [-0.4, -0.2) is 54.3 Å². The van der Waals surface area contributed by atoms with Crippen LogP contribution in [0.1, 0.15) is 24.3 Å². The van der Waals surface area contributed by atoms with Crippen LogP contribution in [0.4, 0.5) is 0 Å². The van der Waals surface area contributed by atoms with Crippen LogP contribution in [-0.2, 0) is 0 Å². The second-order valence-electron chi connectivity index (χ2n) is 5.18. The van der Waals surface area contributed by atoms with Gasteiger partial charge in [-0.25, -0.2) is 0 Å². The van der Waals surface area contributed by atoms with Gasteiger partial charge in [-0.15, -0.1) is 0 Å². The Kier molecular flexibility index (Phi) is 6.17. The number of benzene rings is 1. The van der Waals surface area contributed by atoms with E-state index < -0.39 is 0 Å². The molecule has 0 bridgehead atoms. The van der Waals surface area contributed by atoms with E-state index in [4.69, 9.17) is 4.74 Å². The standard InChI is InChI=1S/C17H24N4O2/c1-4-21(5-2)10-9-18-17(22)16-12-15(19-20-16)13-7-6-8-14(11-13)23-3/h6-8,11-12H,4-5,9-10H2,1-3H3,(H,18,22)(H,19,20). The predicted octanol–water partition coefficient (Wildman–Crippen LogP) is 2.16. The zero-order valence-corrected chi connectivity index (χ0v) is 13.9. The first-order valence-electron chi connectivity index (χ1n) is 7.88. The Bertz CT molecular complexity index is 635. The van der Waals surface area contributed by atoms with Crippen LogP contribution in [0.25, 0.3) is 11.3 Å². The lowest BCUT2D eigenvalue weighted by molar-refractivity contribution is 0.0944. The van der Waals surface area contributed by atoms with Gasteiger partial charge in [0.15, 0.2) is 0 Å². The molecule has 0 unspecified atom stereocenters. The quantitative estimate of drug-likeness (QED) is 0.783. The molecule has 2 rings (SSSR count). The van der Waals surface area contributed by atoms with Crippen molar-refractivity contribution in [3.8, 4) is 17.0 Å². The third-order valence-electron chi connectivity index (χ3n) is 3.80. The van der Waals surface area contributed by atoms with Crippen LogP contribution in [0.5, 0.6) is 5.75 Å². The van der Waals surface area contributed by atoms with E-state index in [0.717, 1.165) is 36.6 Å². The van der Waals surface area contributed by atoms with Gasteiger partial charge in [-0.3, -0.25) is 9.89 Å². The monoisotopic (exact) mass is 316 g/mol. The summed E-state index contributed by atoms with van der Waals surface area (Å²) >= 11 is 0. The van der Waals surface area contributed by atoms with Gasteiger partial charge in [0, 0.05) is 18.7 Å². The molecule has 0 spiro atoms. The summed E-state index contributed by atoms with van der Waals surface area (Å²) in [6.45, 7) is 7.65. The van der Waals surface area contributed by atoms with Gasteiger partial charge in [-0.2, -0.15) is 5.10 Å². The van der Waals surface area contributed by atoms with Gasteiger partial charge in [-0.1, -0.05) is 26.0 Å². The van der Waals surface area contributed by atoms with Crippen molar-refractivity contribution in [2.45, 2.75) is 13.8 Å². The second kappa shape index (κ2) is 8.33. The Hall–Kier alpha value is -2.34. The third-order valence-corrected chi connectivity index (χ3v) is 3.80. The van der Waals surface area contributed by atoms with E-state index in [1.54, 1.807) is 13.2 Å². The van der Waals surface area contributed by atoms with Crippen molar-refractivity contribution in [1.82, 2.24) is 20.4 Å². The lowest BCUT2D eigenvalue weighted by Crippen LogP contribution is -2.34. The zero-order valence-electron chi connectivity index (χ0n) is 13.9. The number of amides is 1. The van der Waals surface area contributed by atoms with E-state index in [0.29, 0.717) is 12.2 Å². The summed E-state index contributed by atoms with van der Waals surface area (Å²) < 4.78 is 5.21. The highest BCUT2D eigenvalue weighted by atomic mass is 16.5. The van der Waals surface area contributed by atoms with Gasteiger partial charge >= 0.3 is 0 Å². The maximum absolute atomic E-state index is 12.1. The summed E-state index contributed by atoms with van der Waals surface area (Å²) in [5, 5.41) is 9.91. The lowest BCUT2D eigenvalue weighted by Gasteiger charge is -2.17. The summed E-state index contributed by atoms with van der Waals surface area (Å²) in [5.41, 5.74) is 2.09. The molecule has 2 N–H and O–H groups in total. The molecule has 0 saturated heterocycles. The van der Waals surface area contributed by atoms with Crippen molar-refractivity contribution in [1.29, 1.82) is 0 Å². The van der Waals surface area contributed by atoms with Crippen LogP contribution in [0.2, 0.25) is 0 Å². The SMILES string of the molecule is CCN(CC)CCNC(=O)c1cc(-c2cccc(OC)c2)n[nH]1. The van der Waals surface area contributed by atoms with Crippen LogP contribution < -0.4 is 10.1 Å². The molecule has 0 saturated carbocycles. The summed E-state index contributed by atoms with van der Waals surface area (Å²) in [6.07, 6.45) is 0. The average Bonchev–Trinajstić information content (AvgIpc) is 3.09.